The van der Waals surface area contributed by atoms with Crippen molar-refractivity contribution >= 4 is 51.8 Å². The van der Waals surface area contributed by atoms with Gasteiger partial charge in [0.2, 0.25) is 0 Å². The number of aryl methyl sites for hydroxylation is 1. The van der Waals surface area contributed by atoms with Gasteiger partial charge in [-0.15, -0.1) is 6.58 Å². The van der Waals surface area contributed by atoms with Crippen LogP contribution in [0, 0.1) is 0 Å². The van der Waals surface area contributed by atoms with Crippen LogP contribution in [-0.4, -0.2) is 21.5 Å². The Morgan fingerprint density at radius 3 is 2.53 bits per heavy atom. The monoisotopic (exact) mass is 415 g/mol. The van der Waals surface area contributed by atoms with Gasteiger partial charge < -0.3 is 4.57 Å². The zero-order valence-electron chi connectivity index (χ0n) is 16.6. The molecule has 30 heavy (non-hydrogen) atoms. The lowest BCUT2D eigenvalue weighted by atomic mass is 10.1. The summed E-state index contributed by atoms with van der Waals surface area (Å²) in [6, 6.07) is 15.4. The molecule has 4 rings (SSSR count). The minimum absolute atomic E-state index is 0.0460. The molecule has 3 aromatic rings. The topological polar surface area (TPSA) is 54.3 Å². The molecule has 1 saturated heterocycles. The maximum Gasteiger partial charge on any atom is 0.270 e. The lowest BCUT2D eigenvalue weighted by molar-refractivity contribution is -0.122. The van der Waals surface area contributed by atoms with Crippen molar-refractivity contribution in [2.24, 2.45) is 0 Å². The molecule has 6 heteroatoms. The molecule has 1 aliphatic heterocycles. The van der Waals surface area contributed by atoms with Crippen LogP contribution in [0.4, 0.5) is 5.69 Å². The summed E-state index contributed by atoms with van der Waals surface area (Å²) >= 11 is 5.29. The number of anilines is 1. The van der Waals surface area contributed by atoms with E-state index in [9.17, 15) is 9.59 Å². The zero-order valence-corrected chi connectivity index (χ0v) is 17.4. The van der Waals surface area contributed by atoms with Crippen LogP contribution in [0.5, 0.6) is 0 Å². The van der Waals surface area contributed by atoms with Gasteiger partial charge in [-0.25, -0.2) is 0 Å². The van der Waals surface area contributed by atoms with Gasteiger partial charge in [0, 0.05) is 29.2 Å². The van der Waals surface area contributed by atoms with E-state index in [-0.39, 0.29) is 10.7 Å². The summed E-state index contributed by atoms with van der Waals surface area (Å²) in [7, 11) is 0. The van der Waals surface area contributed by atoms with E-state index in [1.807, 2.05) is 65.4 Å². The van der Waals surface area contributed by atoms with Gasteiger partial charge in [-0.3, -0.25) is 19.8 Å². The van der Waals surface area contributed by atoms with Gasteiger partial charge in [-0.1, -0.05) is 43.3 Å². The van der Waals surface area contributed by atoms with Crippen LogP contribution < -0.4 is 10.2 Å². The fourth-order valence-corrected chi connectivity index (χ4v) is 3.89. The molecule has 2 aromatic carbocycles. The minimum Gasteiger partial charge on any atom is -0.343 e. The molecule has 0 unspecified atom stereocenters. The predicted octanol–water partition coefficient (Wildman–Crippen LogP) is 4.22. The van der Waals surface area contributed by atoms with Crippen molar-refractivity contribution in [3.8, 4) is 0 Å². The average Bonchev–Trinajstić information content (AvgIpc) is 3.09. The number of rotatable bonds is 5. The number of nitrogens with zero attached hydrogens (tertiary/aromatic N) is 2. The molecule has 0 bridgehead atoms. The summed E-state index contributed by atoms with van der Waals surface area (Å²) in [6.45, 7) is 6.49. The number of nitrogens with one attached hydrogen (secondary N) is 1. The van der Waals surface area contributed by atoms with Gasteiger partial charge in [0.05, 0.1) is 5.69 Å². The first kappa shape index (κ1) is 19.8. The van der Waals surface area contributed by atoms with Crippen LogP contribution >= 0.6 is 12.2 Å². The molecule has 0 radical (unpaired) electrons. The van der Waals surface area contributed by atoms with Gasteiger partial charge in [-0.05, 0) is 48.5 Å². The van der Waals surface area contributed by atoms with Crippen molar-refractivity contribution in [3.63, 3.8) is 0 Å². The molecule has 1 aliphatic rings. The molecule has 1 N–H and O–H groups in total. The number of thiocarbonyl (C=S) groups is 1. The lowest BCUT2D eigenvalue weighted by Crippen LogP contribution is -2.54. The number of hydrogen-bond donors (Lipinski definition) is 1. The number of fused-ring (bicyclic) bond motifs is 1. The molecule has 0 atom stereocenters. The lowest BCUT2D eigenvalue weighted by Gasteiger charge is -2.29. The Labute approximate surface area is 180 Å². The number of carbonyl (C=O) groups is 2. The Bertz CT molecular complexity index is 1200. The van der Waals surface area contributed by atoms with E-state index in [1.165, 1.54) is 4.90 Å². The van der Waals surface area contributed by atoms with Gasteiger partial charge >= 0.3 is 0 Å². The maximum absolute atomic E-state index is 13.3. The second-order valence-corrected chi connectivity index (χ2v) is 7.41. The van der Waals surface area contributed by atoms with Crippen LogP contribution in [0.2, 0.25) is 0 Å². The second-order valence-electron chi connectivity index (χ2n) is 7.02. The average molecular weight is 416 g/mol. The standard InChI is InChI=1S/C24H21N3O2S/c1-3-13-26-15-17(19-7-5-6-8-21(19)26)14-20-22(28)25-24(30)27(23(20)29)18-11-9-16(4-2)10-12-18/h3,5-12,14-15H,1,4,13H2,2H3,(H,25,28,30). The molecular weight excluding hydrogens is 394 g/mol. The van der Waals surface area contributed by atoms with E-state index in [4.69, 9.17) is 12.2 Å². The van der Waals surface area contributed by atoms with Gasteiger partial charge in [-0.2, -0.15) is 0 Å². The van der Waals surface area contributed by atoms with E-state index in [0.29, 0.717) is 12.2 Å². The number of aromatic nitrogens is 1. The largest absolute Gasteiger partial charge is 0.343 e. The third kappa shape index (κ3) is 3.46. The highest BCUT2D eigenvalue weighted by molar-refractivity contribution is 7.80. The van der Waals surface area contributed by atoms with E-state index in [1.54, 1.807) is 6.08 Å². The number of allylic oxidation sites excluding steroid dienone is 1. The van der Waals surface area contributed by atoms with Crippen LogP contribution in [0.15, 0.2) is 73.0 Å². The third-order valence-electron chi connectivity index (χ3n) is 5.15. The van der Waals surface area contributed by atoms with E-state index >= 15 is 0 Å². The zero-order chi connectivity index (χ0) is 21.3. The van der Waals surface area contributed by atoms with Crippen LogP contribution in [0.25, 0.3) is 17.0 Å². The Balaban J connectivity index is 1.78. The normalized spacial score (nSPS) is 15.7. The molecule has 0 saturated carbocycles. The van der Waals surface area contributed by atoms with Gasteiger partial charge in [0.15, 0.2) is 5.11 Å². The molecule has 1 aromatic heterocycles. The van der Waals surface area contributed by atoms with Crippen molar-refractivity contribution in [2.45, 2.75) is 19.9 Å². The molecule has 5 nitrogen and oxygen atoms in total. The summed E-state index contributed by atoms with van der Waals surface area (Å²) < 4.78 is 2.03. The molecular formula is C24H21N3O2S. The number of benzene rings is 2. The van der Waals surface area contributed by atoms with Crippen LogP contribution in [0.3, 0.4) is 0 Å². The SMILES string of the molecule is C=CCn1cc(C=C2C(=O)NC(=S)N(c3ccc(CC)cc3)C2=O)c2ccccc21. The summed E-state index contributed by atoms with van der Waals surface area (Å²) in [5.74, 6) is -0.930. The van der Waals surface area contributed by atoms with Crippen molar-refractivity contribution in [2.75, 3.05) is 4.90 Å². The number of amides is 2. The molecule has 2 amide bonds. The molecule has 150 valence electrons. The van der Waals surface area contributed by atoms with E-state index in [0.717, 1.165) is 28.5 Å². The number of para-hydroxylation sites is 1. The molecule has 1 fully saturated rings. The Morgan fingerprint density at radius 2 is 1.83 bits per heavy atom. The fourth-order valence-electron chi connectivity index (χ4n) is 3.61. The first-order chi connectivity index (χ1) is 14.5. The van der Waals surface area contributed by atoms with Crippen molar-refractivity contribution in [1.29, 1.82) is 0 Å². The van der Waals surface area contributed by atoms with Crippen LogP contribution in [-0.2, 0) is 22.6 Å². The van der Waals surface area contributed by atoms with E-state index in [2.05, 4.69) is 18.8 Å². The van der Waals surface area contributed by atoms with Gasteiger partial charge in [0.1, 0.15) is 5.57 Å². The quantitative estimate of drug-likeness (QED) is 0.294. The minimum atomic E-state index is -0.494. The van der Waals surface area contributed by atoms with Crippen molar-refractivity contribution in [1.82, 2.24) is 9.88 Å². The first-order valence-electron chi connectivity index (χ1n) is 9.72. The first-order valence-corrected chi connectivity index (χ1v) is 10.1. The highest BCUT2D eigenvalue weighted by Crippen LogP contribution is 2.27. The molecule has 0 aliphatic carbocycles. The summed E-state index contributed by atoms with van der Waals surface area (Å²) in [5, 5.41) is 3.69. The Kier molecular flexibility index (Phi) is 5.33. The second kappa shape index (κ2) is 8.08. The van der Waals surface area contributed by atoms with Gasteiger partial charge in [0.25, 0.3) is 11.8 Å². The Hall–Kier alpha value is -3.51. The predicted molar refractivity (Wildman–Crippen MR) is 124 cm³/mol. The summed E-state index contributed by atoms with van der Waals surface area (Å²) in [5.41, 5.74) is 3.63. The van der Waals surface area contributed by atoms with Crippen LogP contribution in [0.1, 0.15) is 18.1 Å². The highest BCUT2D eigenvalue weighted by Gasteiger charge is 2.34. The fraction of sp³-hybridized carbons (Fsp3) is 0.125. The highest BCUT2D eigenvalue weighted by atomic mass is 32.1. The third-order valence-corrected chi connectivity index (χ3v) is 5.43. The molecule has 0 spiro atoms. The van der Waals surface area contributed by atoms with Crippen molar-refractivity contribution in [3.05, 3.63) is 84.1 Å². The number of carbonyl (C=O) groups excluding carboxylic acids is 2. The molecule has 2 heterocycles. The number of hydrogen-bond acceptors (Lipinski definition) is 3. The summed E-state index contributed by atoms with van der Waals surface area (Å²) in [4.78, 5) is 27.3. The van der Waals surface area contributed by atoms with E-state index < -0.39 is 11.8 Å². The summed E-state index contributed by atoms with van der Waals surface area (Å²) in [6.07, 6.45) is 6.26. The van der Waals surface area contributed by atoms with Crippen molar-refractivity contribution < 1.29 is 9.59 Å². The smallest absolute Gasteiger partial charge is 0.270 e. The Morgan fingerprint density at radius 1 is 1.10 bits per heavy atom. The maximum atomic E-state index is 13.3.